The van der Waals surface area contributed by atoms with E-state index in [0.29, 0.717) is 19.3 Å². The van der Waals surface area contributed by atoms with Crippen LogP contribution in [0.5, 0.6) is 0 Å². The number of hydrogen-bond acceptors (Lipinski definition) is 6. The van der Waals surface area contributed by atoms with Crippen LogP contribution in [-0.2, 0) is 28.6 Å². The van der Waals surface area contributed by atoms with Gasteiger partial charge >= 0.3 is 17.9 Å². The van der Waals surface area contributed by atoms with Gasteiger partial charge in [0.1, 0.15) is 13.2 Å². The van der Waals surface area contributed by atoms with E-state index in [1.54, 1.807) is 0 Å². The Morgan fingerprint density at radius 3 is 1.06 bits per heavy atom. The molecule has 6 heteroatoms. The quantitative estimate of drug-likeness (QED) is 0.0364. The zero-order valence-electron chi connectivity index (χ0n) is 33.1. The first-order valence-electron chi connectivity index (χ1n) is 21.4. The summed E-state index contributed by atoms with van der Waals surface area (Å²) in [5.74, 6) is -0.0183. The fraction of sp³-hybridized carbons (Fsp3) is 0.930. The minimum absolute atomic E-state index is 0.0648. The maximum atomic E-state index is 12.7. The first-order valence-corrected chi connectivity index (χ1v) is 21.4. The molecule has 0 aromatic carbocycles. The highest BCUT2D eigenvalue weighted by atomic mass is 16.6. The van der Waals surface area contributed by atoms with Crippen LogP contribution in [0.1, 0.15) is 233 Å². The summed E-state index contributed by atoms with van der Waals surface area (Å²) in [4.78, 5) is 37.5. The van der Waals surface area contributed by atoms with E-state index in [0.717, 1.165) is 63.7 Å². The molecule has 6 nitrogen and oxygen atoms in total. The molecule has 0 saturated heterocycles. The maximum absolute atomic E-state index is 12.7. The zero-order valence-corrected chi connectivity index (χ0v) is 33.1. The molecule has 0 aromatic rings. The molecule has 0 radical (unpaired) electrons. The van der Waals surface area contributed by atoms with Gasteiger partial charge in [-0.25, -0.2) is 0 Å². The van der Waals surface area contributed by atoms with Crippen molar-refractivity contribution in [3.05, 3.63) is 0 Å². The number of rotatable bonds is 38. The van der Waals surface area contributed by atoms with Gasteiger partial charge in [-0.15, -0.1) is 0 Å². The van der Waals surface area contributed by atoms with Crippen LogP contribution in [0, 0.1) is 5.92 Å². The molecule has 0 fully saturated rings. The van der Waals surface area contributed by atoms with E-state index in [1.165, 1.54) is 128 Å². The van der Waals surface area contributed by atoms with Crippen molar-refractivity contribution in [2.24, 2.45) is 5.92 Å². The lowest BCUT2D eigenvalue weighted by Gasteiger charge is -2.18. The minimum Gasteiger partial charge on any atom is -0.462 e. The van der Waals surface area contributed by atoms with Gasteiger partial charge in [-0.3, -0.25) is 14.4 Å². The summed E-state index contributed by atoms with van der Waals surface area (Å²) in [5, 5.41) is 0. The van der Waals surface area contributed by atoms with Crippen LogP contribution in [0.2, 0.25) is 0 Å². The number of ether oxygens (including phenoxy) is 3. The molecule has 0 bridgehead atoms. The van der Waals surface area contributed by atoms with Crippen molar-refractivity contribution in [1.29, 1.82) is 0 Å². The van der Waals surface area contributed by atoms with Crippen molar-refractivity contribution in [2.45, 2.75) is 239 Å². The third-order valence-electron chi connectivity index (χ3n) is 9.90. The Kier molecular flexibility index (Phi) is 36.4. The van der Waals surface area contributed by atoms with Crippen LogP contribution in [-0.4, -0.2) is 37.2 Å². The summed E-state index contributed by atoms with van der Waals surface area (Å²) in [7, 11) is 0. The lowest BCUT2D eigenvalue weighted by molar-refractivity contribution is -0.167. The molecule has 1 unspecified atom stereocenters. The average molecular weight is 695 g/mol. The number of carbonyl (C=O) groups is 3. The summed E-state index contributed by atoms with van der Waals surface area (Å²) < 4.78 is 16.6. The molecule has 0 saturated carbocycles. The Bertz CT molecular complexity index is 738. The van der Waals surface area contributed by atoms with Gasteiger partial charge in [0.15, 0.2) is 6.10 Å². The molecule has 0 N–H and O–H groups in total. The van der Waals surface area contributed by atoms with Crippen molar-refractivity contribution < 1.29 is 28.6 Å². The van der Waals surface area contributed by atoms with Crippen molar-refractivity contribution >= 4 is 17.9 Å². The summed E-state index contributed by atoms with van der Waals surface area (Å²) in [5.41, 5.74) is 0. The van der Waals surface area contributed by atoms with E-state index in [9.17, 15) is 14.4 Å². The van der Waals surface area contributed by atoms with Crippen LogP contribution in [0.3, 0.4) is 0 Å². The predicted octanol–water partition coefficient (Wildman–Crippen LogP) is 13.2. The van der Waals surface area contributed by atoms with E-state index in [1.807, 2.05) is 0 Å². The molecule has 0 aliphatic heterocycles. The van der Waals surface area contributed by atoms with Gasteiger partial charge in [0.25, 0.3) is 0 Å². The summed E-state index contributed by atoms with van der Waals surface area (Å²) in [6, 6.07) is 0. The van der Waals surface area contributed by atoms with E-state index < -0.39 is 6.10 Å². The van der Waals surface area contributed by atoms with Gasteiger partial charge in [0.05, 0.1) is 0 Å². The molecule has 0 heterocycles. The van der Waals surface area contributed by atoms with Gasteiger partial charge in [-0.2, -0.15) is 0 Å². The van der Waals surface area contributed by atoms with Crippen LogP contribution in [0.15, 0.2) is 0 Å². The molecule has 290 valence electrons. The first-order chi connectivity index (χ1) is 23.9. The van der Waals surface area contributed by atoms with Crippen LogP contribution in [0.25, 0.3) is 0 Å². The minimum atomic E-state index is -0.758. The molecule has 0 amide bonds. The Balaban J connectivity index is 4.35. The van der Waals surface area contributed by atoms with Crippen molar-refractivity contribution in [3.63, 3.8) is 0 Å². The average Bonchev–Trinajstić information content (AvgIpc) is 3.10. The number of carbonyl (C=O) groups excluding carboxylic acids is 3. The molecule has 0 aliphatic carbocycles. The lowest BCUT2D eigenvalue weighted by Crippen LogP contribution is -2.30. The summed E-state index contributed by atoms with van der Waals surface area (Å²) in [6.07, 6.45) is 35.1. The second-order valence-electron chi connectivity index (χ2n) is 14.9. The monoisotopic (exact) mass is 695 g/mol. The Labute approximate surface area is 304 Å². The molecule has 49 heavy (non-hydrogen) atoms. The molecule has 0 spiro atoms. The lowest BCUT2D eigenvalue weighted by atomic mass is 9.99. The van der Waals surface area contributed by atoms with Crippen molar-refractivity contribution in [3.8, 4) is 0 Å². The van der Waals surface area contributed by atoms with Gasteiger partial charge in [0.2, 0.25) is 0 Å². The van der Waals surface area contributed by atoms with Gasteiger partial charge in [-0.05, 0) is 25.2 Å². The number of unbranched alkanes of at least 4 members (excludes halogenated alkanes) is 24. The Morgan fingerprint density at radius 1 is 0.408 bits per heavy atom. The zero-order chi connectivity index (χ0) is 36.0. The molecule has 0 aliphatic rings. The highest BCUT2D eigenvalue weighted by Gasteiger charge is 2.19. The third kappa shape index (κ3) is 36.0. The smallest absolute Gasteiger partial charge is 0.306 e. The van der Waals surface area contributed by atoms with E-state index in [2.05, 4.69) is 27.7 Å². The molecular weight excluding hydrogens is 612 g/mol. The topological polar surface area (TPSA) is 78.9 Å². The van der Waals surface area contributed by atoms with E-state index in [-0.39, 0.29) is 31.1 Å². The highest BCUT2D eigenvalue weighted by Crippen LogP contribution is 2.16. The summed E-state index contributed by atoms with van der Waals surface area (Å²) >= 11 is 0. The fourth-order valence-corrected chi connectivity index (χ4v) is 6.24. The highest BCUT2D eigenvalue weighted by molar-refractivity contribution is 5.71. The first kappa shape index (κ1) is 47.4. The molecule has 0 rings (SSSR count). The summed E-state index contributed by atoms with van der Waals surface area (Å²) in [6.45, 7) is 8.95. The molecule has 2 atom stereocenters. The second kappa shape index (κ2) is 37.7. The van der Waals surface area contributed by atoms with Gasteiger partial charge in [0, 0.05) is 19.3 Å². The number of hydrogen-bond donors (Lipinski definition) is 0. The largest absolute Gasteiger partial charge is 0.462 e. The maximum Gasteiger partial charge on any atom is 0.306 e. The van der Waals surface area contributed by atoms with E-state index >= 15 is 0 Å². The van der Waals surface area contributed by atoms with Crippen LogP contribution >= 0.6 is 0 Å². The fourth-order valence-electron chi connectivity index (χ4n) is 6.24. The molecular formula is C43H82O6. The normalized spacial score (nSPS) is 12.5. The van der Waals surface area contributed by atoms with E-state index in [4.69, 9.17) is 14.2 Å². The van der Waals surface area contributed by atoms with Crippen LogP contribution in [0.4, 0.5) is 0 Å². The van der Waals surface area contributed by atoms with Crippen LogP contribution < -0.4 is 0 Å². The Morgan fingerprint density at radius 2 is 0.714 bits per heavy atom. The number of esters is 3. The van der Waals surface area contributed by atoms with Crippen molar-refractivity contribution in [1.82, 2.24) is 0 Å². The standard InChI is InChI=1S/C43H82O6/c1-5-8-10-12-14-16-18-23-27-31-35-42(45)48-38-40(37-47-41(44)34-30-26-22-17-15-13-11-9-6-2)49-43(46)36-32-28-24-20-19-21-25-29-33-39(4)7-3/h39-40H,5-38H2,1-4H3/t39?,40-/m1/s1. The van der Waals surface area contributed by atoms with Gasteiger partial charge < -0.3 is 14.2 Å². The molecule has 0 aromatic heterocycles. The van der Waals surface area contributed by atoms with Crippen molar-refractivity contribution in [2.75, 3.05) is 13.2 Å². The van der Waals surface area contributed by atoms with Gasteiger partial charge in [-0.1, -0.05) is 195 Å². The Hall–Kier alpha value is -1.59. The SMILES string of the molecule is CCCCCCCCCCCCC(=O)OC[C@@H](COC(=O)CCCCCCCCCCC)OC(=O)CCCCCCCCCCC(C)CC. The second-order valence-corrected chi connectivity index (χ2v) is 14.9. The predicted molar refractivity (Wildman–Crippen MR) is 206 cm³/mol. The third-order valence-corrected chi connectivity index (χ3v) is 9.90.